The second-order valence-corrected chi connectivity index (χ2v) is 2.58. The number of nitrogens with two attached hydrogens (primary N) is 1. The minimum Gasteiger partial charge on any atom is -0.251 e. The van der Waals surface area contributed by atoms with Crippen LogP contribution in [0.2, 0.25) is 0 Å². The van der Waals surface area contributed by atoms with Crippen LogP contribution in [0.25, 0.3) is 0 Å². The van der Waals surface area contributed by atoms with Crippen molar-refractivity contribution in [3.05, 3.63) is 0 Å². The lowest BCUT2D eigenvalue weighted by Gasteiger charge is -1.96. The zero-order chi connectivity index (χ0) is 6.57. The fraction of sp³-hybridized carbons (Fsp3) is 0.750. The molecule has 0 amide bonds. The monoisotopic (exact) mass is 132 g/mol. The summed E-state index contributed by atoms with van der Waals surface area (Å²) in [4.78, 5) is 0. The summed E-state index contributed by atoms with van der Waals surface area (Å²) >= 11 is 0. The Bertz CT molecular complexity index is 128. The van der Waals surface area contributed by atoms with Crippen LogP contribution in [-0.2, 0) is 11.0 Å². The van der Waals surface area contributed by atoms with Gasteiger partial charge in [-0.3, -0.25) is 5.14 Å². The quantitative estimate of drug-likeness (QED) is 0.570. The molecule has 0 fully saturated rings. The van der Waals surface area contributed by atoms with E-state index in [1.54, 1.807) is 6.92 Å². The molecule has 3 nitrogen and oxygen atoms in total. The first-order valence-electron chi connectivity index (χ1n) is 2.27. The number of rotatable bonds is 2. The molecule has 2 atom stereocenters. The van der Waals surface area contributed by atoms with Crippen molar-refractivity contribution >= 4 is 11.0 Å². The van der Waals surface area contributed by atoms with E-state index in [-0.39, 0.29) is 0 Å². The molecule has 0 bridgehead atoms. The molecule has 0 aliphatic rings. The molecule has 4 heteroatoms. The number of nitrogens with zero attached hydrogens (tertiary/aromatic N) is 1. The van der Waals surface area contributed by atoms with E-state index < -0.39 is 16.2 Å². The molecule has 0 radical (unpaired) electrons. The Labute approximate surface area is 51.1 Å². The highest BCUT2D eigenvalue weighted by Gasteiger charge is 2.07. The largest absolute Gasteiger partial charge is 0.251 e. The minimum absolute atomic E-state index is 0.491. The predicted octanol–water partition coefficient (Wildman–Crippen LogP) is -0.0890. The Morgan fingerprint density at radius 1 is 2.00 bits per heavy atom. The summed E-state index contributed by atoms with van der Waals surface area (Å²) in [5.74, 6) is 0. The zero-order valence-electron chi connectivity index (χ0n) is 4.63. The van der Waals surface area contributed by atoms with Crippen LogP contribution in [-0.4, -0.2) is 9.46 Å². The highest BCUT2D eigenvalue weighted by Crippen LogP contribution is 1.93. The lowest BCUT2D eigenvalue weighted by molar-refractivity contribution is 0.677. The van der Waals surface area contributed by atoms with Crippen molar-refractivity contribution in [3.8, 4) is 6.07 Å². The van der Waals surface area contributed by atoms with E-state index >= 15 is 0 Å². The first-order chi connectivity index (χ1) is 3.72. The lowest BCUT2D eigenvalue weighted by Crippen LogP contribution is -2.18. The zero-order valence-corrected chi connectivity index (χ0v) is 5.44. The van der Waals surface area contributed by atoms with Gasteiger partial charge in [0.25, 0.3) is 0 Å². The van der Waals surface area contributed by atoms with Crippen molar-refractivity contribution in [2.75, 3.05) is 0 Å². The van der Waals surface area contributed by atoms with Gasteiger partial charge in [-0.25, -0.2) is 4.21 Å². The Kier molecular flexibility index (Phi) is 3.40. The summed E-state index contributed by atoms with van der Waals surface area (Å²) < 4.78 is 10.3. The standard InChI is InChI=1S/C4H8N2OS/c1-2-4(3-5)8(6)7/h4H,2,6H2,1H3. The van der Waals surface area contributed by atoms with E-state index in [2.05, 4.69) is 0 Å². The van der Waals surface area contributed by atoms with Gasteiger partial charge in [0.2, 0.25) is 0 Å². The van der Waals surface area contributed by atoms with Gasteiger partial charge in [-0.1, -0.05) is 6.92 Å². The van der Waals surface area contributed by atoms with Crippen molar-refractivity contribution in [2.24, 2.45) is 5.14 Å². The smallest absolute Gasteiger partial charge is 0.135 e. The van der Waals surface area contributed by atoms with Gasteiger partial charge in [0.15, 0.2) is 0 Å². The van der Waals surface area contributed by atoms with E-state index in [0.717, 1.165) is 0 Å². The Balaban J connectivity index is 3.76. The highest BCUT2D eigenvalue weighted by atomic mass is 32.2. The second-order valence-electron chi connectivity index (χ2n) is 1.35. The number of nitriles is 1. The summed E-state index contributed by atoms with van der Waals surface area (Å²) in [7, 11) is -1.46. The fourth-order valence-electron chi connectivity index (χ4n) is 0.307. The molecular weight excluding hydrogens is 124 g/mol. The van der Waals surface area contributed by atoms with Crippen LogP contribution in [0.4, 0.5) is 0 Å². The third kappa shape index (κ3) is 2.05. The molecule has 0 saturated heterocycles. The lowest BCUT2D eigenvalue weighted by atomic mass is 10.4. The van der Waals surface area contributed by atoms with E-state index in [1.807, 2.05) is 6.07 Å². The van der Waals surface area contributed by atoms with Crippen LogP contribution >= 0.6 is 0 Å². The maximum absolute atomic E-state index is 10.3. The Hall–Kier alpha value is -0.400. The second kappa shape index (κ2) is 3.58. The maximum atomic E-state index is 10.3. The molecule has 2 N–H and O–H groups in total. The fourth-order valence-corrected chi connectivity index (χ4v) is 0.740. The van der Waals surface area contributed by atoms with Gasteiger partial charge in [-0.2, -0.15) is 5.26 Å². The van der Waals surface area contributed by atoms with Gasteiger partial charge in [-0.05, 0) is 6.42 Å². The third-order valence-electron chi connectivity index (χ3n) is 0.795. The van der Waals surface area contributed by atoms with Crippen molar-refractivity contribution in [2.45, 2.75) is 18.6 Å². The molecular formula is C4H8N2OS. The molecule has 0 heterocycles. The van der Waals surface area contributed by atoms with Gasteiger partial charge in [0.1, 0.15) is 16.2 Å². The molecule has 0 aromatic carbocycles. The molecule has 0 spiro atoms. The molecule has 8 heavy (non-hydrogen) atoms. The van der Waals surface area contributed by atoms with Gasteiger partial charge in [0.05, 0.1) is 6.07 Å². The first-order valence-corrected chi connectivity index (χ1v) is 3.54. The molecule has 0 rings (SSSR count). The van der Waals surface area contributed by atoms with E-state index in [1.165, 1.54) is 0 Å². The van der Waals surface area contributed by atoms with Crippen LogP contribution in [0.5, 0.6) is 0 Å². The minimum atomic E-state index is -1.46. The van der Waals surface area contributed by atoms with Crippen LogP contribution in [0.3, 0.4) is 0 Å². The van der Waals surface area contributed by atoms with Gasteiger partial charge in [-0.15, -0.1) is 0 Å². The SMILES string of the molecule is CCC(C#N)S(N)=O. The van der Waals surface area contributed by atoms with Gasteiger partial charge >= 0.3 is 0 Å². The first kappa shape index (κ1) is 7.60. The van der Waals surface area contributed by atoms with Crippen molar-refractivity contribution in [1.82, 2.24) is 0 Å². The summed E-state index contributed by atoms with van der Waals surface area (Å²) in [6, 6.07) is 1.83. The van der Waals surface area contributed by atoms with Crippen LogP contribution in [0.15, 0.2) is 0 Å². The van der Waals surface area contributed by atoms with Gasteiger partial charge in [0, 0.05) is 0 Å². The molecule has 0 aromatic heterocycles. The molecule has 0 aromatic rings. The van der Waals surface area contributed by atoms with Crippen LogP contribution in [0, 0.1) is 11.3 Å². The maximum Gasteiger partial charge on any atom is 0.135 e. The van der Waals surface area contributed by atoms with E-state index in [0.29, 0.717) is 6.42 Å². The van der Waals surface area contributed by atoms with E-state index in [9.17, 15) is 4.21 Å². The van der Waals surface area contributed by atoms with Crippen molar-refractivity contribution in [3.63, 3.8) is 0 Å². The number of hydrogen-bond donors (Lipinski definition) is 1. The normalized spacial score (nSPS) is 16.6. The van der Waals surface area contributed by atoms with E-state index in [4.69, 9.17) is 10.4 Å². The van der Waals surface area contributed by atoms with Crippen molar-refractivity contribution in [1.29, 1.82) is 5.26 Å². The highest BCUT2D eigenvalue weighted by molar-refractivity contribution is 7.83. The molecule has 0 saturated carbocycles. The molecule has 2 unspecified atom stereocenters. The summed E-state index contributed by atoms with van der Waals surface area (Å²) in [5, 5.41) is 12.6. The topological polar surface area (TPSA) is 66.9 Å². The molecule has 0 aliphatic carbocycles. The average molecular weight is 132 g/mol. The average Bonchev–Trinajstić information content (AvgIpc) is 1.69. The van der Waals surface area contributed by atoms with Crippen LogP contribution in [0.1, 0.15) is 13.3 Å². The summed E-state index contributed by atoms with van der Waals surface area (Å²) in [6.45, 7) is 1.78. The Morgan fingerprint density at radius 2 is 2.50 bits per heavy atom. The van der Waals surface area contributed by atoms with Crippen LogP contribution < -0.4 is 5.14 Å². The van der Waals surface area contributed by atoms with Gasteiger partial charge < -0.3 is 0 Å². The third-order valence-corrected chi connectivity index (χ3v) is 1.79. The number of hydrogen-bond acceptors (Lipinski definition) is 2. The predicted molar refractivity (Wildman–Crippen MR) is 32.0 cm³/mol. The van der Waals surface area contributed by atoms with Crippen molar-refractivity contribution < 1.29 is 4.21 Å². The summed E-state index contributed by atoms with van der Waals surface area (Å²) in [5.41, 5.74) is 0. The summed E-state index contributed by atoms with van der Waals surface area (Å²) in [6.07, 6.45) is 0.555. The molecule has 0 aliphatic heterocycles. The Morgan fingerprint density at radius 3 is 2.50 bits per heavy atom. The molecule has 46 valence electrons.